The van der Waals surface area contributed by atoms with Gasteiger partial charge in [0.05, 0.1) is 187 Å². The summed E-state index contributed by atoms with van der Waals surface area (Å²) in [6.07, 6.45) is 5.81. The Morgan fingerprint density at radius 2 is 0.867 bits per heavy atom. The molecule has 5 aliphatic carbocycles. The molecule has 27 nitrogen and oxygen atoms in total. The first kappa shape index (κ1) is 57.0. The van der Waals surface area contributed by atoms with Crippen molar-refractivity contribution in [1.29, 1.82) is 0 Å². The van der Waals surface area contributed by atoms with Gasteiger partial charge in [0.25, 0.3) is 0 Å². The standard InChI is InChI=1S/C11H13ClO5.2C11H14O6.2C11H12O5/c3*1-15-9(13)6-3-16-10-8-5(6)2-7(12)11(8,14)4-17-10;1-13-9(12)6-3-14-10-8-5(6)2-7-11(8,16-7)4-15-10;1-13-10(12)5-3-15-11-7-4(2-14-11)8-9(16-8)6(5)7/h3,5,7-8,10,14H,2,4H2,1H3;2*3,5,7-8,10,12,14H,2,4H2,1H3;3,5,7-8,10H,2,4H2,1H3;3-4,6-9,11H,2H2,1H3/t5-,7-,8-,10-,11+;5-,7+,8-,10-,11+;5-,7-,8-,10-,11+;5-,7+,8-,10-,11?;4-,6+,7+,8+,9-,11-/m11110/s1. The topological polar surface area (TPSA) is 350 Å². The number of epoxide rings is 2. The zero-order chi connectivity index (χ0) is 58.4. The van der Waals surface area contributed by atoms with Crippen LogP contribution in [0.2, 0.25) is 0 Å². The Bertz CT molecular complexity index is 2660. The van der Waals surface area contributed by atoms with Gasteiger partial charge < -0.3 is 106 Å². The molecule has 17 rings (SSSR count). The van der Waals surface area contributed by atoms with Crippen molar-refractivity contribution in [3.05, 3.63) is 59.2 Å². The average Bonchev–Trinajstić information content (AvgIpc) is 1.63. The van der Waals surface area contributed by atoms with Crippen molar-refractivity contribution in [1.82, 2.24) is 0 Å². The van der Waals surface area contributed by atoms with Crippen molar-refractivity contribution < 1.29 is 130 Å². The number of aliphatic hydroxyl groups is 5. The zero-order valence-corrected chi connectivity index (χ0v) is 46.3. The number of ether oxygens (including phenoxy) is 17. The number of carbonyl (C=O) groups is 5. The highest BCUT2D eigenvalue weighted by atomic mass is 35.5. The number of halogens is 1. The SMILES string of the molecule is COC(=O)C1=CO[C@@H]2OCC34O[C@H]3C[C@H]1[C@H]24.COC(=O)C1=CO[C@@H]2OC[C@@H]3[C@H]4O[C@H]4[C@H]1[C@H]23.COC(=O)C1=CO[C@@H]2OC[C@@]3(O)[C@@H]2[C@@H]1C[C@@H]3O.COC(=O)C1=CO[C@@H]2OC[C@@]3(O)[C@@H]2[C@@H]1C[C@H]3Cl.COC(=O)C1=CO[C@@H]2OC[C@@]3(O)[C@@H]2[C@@H]1C[C@H]3O. The molecule has 0 bridgehead atoms. The van der Waals surface area contributed by atoms with E-state index in [1.165, 1.54) is 66.9 Å². The van der Waals surface area contributed by atoms with Crippen molar-refractivity contribution in [2.75, 3.05) is 68.6 Å². The smallest absolute Gasteiger partial charge is 0.337 e. The molecule has 12 fully saturated rings. The molecule has 0 aromatic heterocycles. The third-order valence-electron chi connectivity index (χ3n) is 20.3. The first-order valence-corrected chi connectivity index (χ1v) is 28.0. The Kier molecular flexibility index (Phi) is 14.3. The third-order valence-corrected chi connectivity index (χ3v) is 20.8. The van der Waals surface area contributed by atoms with Gasteiger partial charge in [-0.05, 0) is 25.7 Å². The summed E-state index contributed by atoms with van der Waals surface area (Å²) in [7, 11) is 6.68. The van der Waals surface area contributed by atoms with E-state index >= 15 is 0 Å². The Hall–Kier alpha value is -5.14. The van der Waals surface area contributed by atoms with Crippen LogP contribution < -0.4 is 0 Å². The highest BCUT2D eigenvalue weighted by Gasteiger charge is 2.77. The van der Waals surface area contributed by atoms with E-state index in [1.54, 1.807) is 0 Å². The van der Waals surface area contributed by atoms with Crippen LogP contribution in [-0.4, -0.2) is 214 Å². The van der Waals surface area contributed by atoms with E-state index in [2.05, 4.69) is 9.47 Å². The molecule has 7 saturated heterocycles. The lowest BCUT2D eigenvalue weighted by atomic mass is 9.82. The highest BCUT2D eigenvalue weighted by Crippen LogP contribution is 2.65. The molecule has 12 aliphatic heterocycles. The first-order valence-electron chi connectivity index (χ1n) is 27.6. The zero-order valence-electron chi connectivity index (χ0n) is 45.5. The lowest BCUT2D eigenvalue weighted by molar-refractivity contribution is -0.143. The van der Waals surface area contributed by atoms with Crippen molar-refractivity contribution in [2.24, 2.45) is 65.1 Å². The van der Waals surface area contributed by atoms with Gasteiger partial charge in [-0.2, -0.15) is 0 Å². The van der Waals surface area contributed by atoms with Crippen LogP contribution in [0.25, 0.3) is 0 Å². The van der Waals surface area contributed by atoms with Gasteiger partial charge in [0, 0.05) is 41.4 Å². The van der Waals surface area contributed by atoms with Gasteiger partial charge >= 0.3 is 29.8 Å². The van der Waals surface area contributed by atoms with Gasteiger partial charge in [-0.3, -0.25) is 0 Å². The van der Waals surface area contributed by atoms with Crippen LogP contribution in [0.15, 0.2) is 59.2 Å². The summed E-state index contributed by atoms with van der Waals surface area (Å²) in [5.41, 5.74) is -1.53. The molecule has 454 valence electrons. The molecule has 12 heterocycles. The Labute approximate surface area is 478 Å². The van der Waals surface area contributed by atoms with Gasteiger partial charge in [-0.1, -0.05) is 0 Å². The Balaban J connectivity index is 0.0000000971. The predicted octanol–water partition coefficient (Wildman–Crippen LogP) is -1.02. The van der Waals surface area contributed by atoms with Gasteiger partial charge in [0.15, 0.2) is 0 Å². The maximum Gasteiger partial charge on any atom is 0.337 e. The lowest BCUT2D eigenvalue weighted by Crippen LogP contribution is -2.45. The molecule has 0 radical (unpaired) electrons. The number of esters is 5. The fraction of sp³-hybridized carbons (Fsp3) is 0.727. The predicted molar refractivity (Wildman–Crippen MR) is 264 cm³/mol. The highest BCUT2D eigenvalue weighted by molar-refractivity contribution is 6.21. The van der Waals surface area contributed by atoms with Crippen molar-refractivity contribution in [3.63, 3.8) is 0 Å². The van der Waals surface area contributed by atoms with Crippen LogP contribution >= 0.6 is 11.6 Å². The summed E-state index contributed by atoms with van der Waals surface area (Å²) in [6.45, 7) is 1.47. The van der Waals surface area contributed by atoms with Crippen LogP contribution in [-0.2, 0) is 104 Å². The Morgan fingerprint density at radius 3 is 1.35 bits per heavy atom. The van der Waals surface area contributed by atoms with E-state index in [-0.39, 0.29) is 116 Å². The summed E-state index contributed by atoms with van der Waals surface area (Å²) in [5.74, 6) is -2.75. The molecular formula is C55H65ClO27. The van der Waals surface area contributed by atoms with E-state index in [4.69, 9.17) is 82.7 Å². The van der Waals surface area contributed by atoms with Crippen LogP contribution in [0, 0.1) is 65.1 Å². The second-order valence-electron chi connectivity index (χ2n) is 23.8. The second-order valence-corrected chi connectivity index (χ2v) is 24.3. The molecule has 26 atom stereocenters. The monoisotopic (exact) mass is 1190 g/mol. The third kappa shape index (κ3) is 8.60. The minimum absolute atomic E-state index is 0.0301. The van der Waals surface area contributed by atoms with Gasteiger partial charge in [0.1, 0.15) is 22.4 Å². The van der Waals surface area contributed by atoms with Gasteiger partial charge in [-0.25, -0.2) is 24.0 Å². The maximum atomic E-state index is 11.6. The average molecular weight is 1190 g/mol. The first-order chi connectivity index (χ1) is 39.8. The number of hydrogen-bond acceptors (Lipinski definition) is 27. The van der Waals surface area contributed by atoms with Crippen LogP contribution in [0.1, 0.15) is 25.7 Å². The fourth-order valence-electron chi connectivity index (χ4n) is 16.1. The Morgan fingerprint density at radius 1 is 0.482 bits per heavy atom. The normalized spacial score (nSPS) is 48.7. The summed E-state index contributed by atoms with van der Waals surface area (Å²) in [4.78, 5) is 58.0. The minimum atomic E-state index is -1.32. The molecular weight excluding hydrogens is 1130 g/mol. The van der Waals surface area contributed by atoms with Crippen molar-refractivity contribution >= 4 is 41.4 Å². The van der Waals surface area contributed by atoms with E-state index in [9.17, 15) is 49.5 Å². The fourth-order valence-corrected chi connectivity index (χ4v) is 16.5. The summed E-state index contributed by atoms with van der Waals surface area (Å²) < 4.78 is 88.7. The summed E-state index contributed by atoms with van der Waals surface area (Å²) in [5, 5.41) is 50.5. The van der Waals surface area contributed by atoms with E-state index in [0.717, 1.165) is 6.42 Å². The van der Waals surface area contributed by atoms with E-state index in [1.807, 2.05) is 0 Å². The summed E-state index contributed by atoms with van der Waals surface area (Å²) >= 11 is 6.17. The number of carbonyl (C=O) groups excluding carboxylic acids is 5. The number of hydrogen-bond donors (Lipinski definition) is 5. The second kappa shape index (κ2) is 20.8. The molecule has 1 unspecified atom stereocenters. The number of rotatable bonds is 5. The molecule has 83 heavy (non-hydrogen) atoms. The van der Waals surface area contributed by atoms with Crippen molar-refractivity contribution in [3.8, 4) is 0 Å². The molecule has 5 saturated carbocycles. The summed E-state index contributed by atoms with van der Waals surface area (Å²) in [6, 6.07) is 0. The number of aliphatic hydroxyl groups excluding tert-OH is 2. The van der Waals surface area contributed by atoms with Crippen LogP contribution in [0.3, 0.4) is 0 Å². The van der Waals surface area contributed by atoms with Crippen LogP contribution in [0.5, 0.6) is 0 Å². The molecule has 0 amide bonds. The number of alkyl halides is 1. The number of methoxy groups -OCH3 is 5. The molecule has 1 spiro atoms. The molecule has 17 aliphatic rings. The molecule has 5 N–H and O–H groups in total. The molecule has 0 aromatic rings. The minimum Gasteiger partial charge on any atom is -0.472 e. The largest absolute Gasteiger partial charge is 0.472 e. The quantitative estimate of drug-likeness (QED) is 0.0952. The van der Waals surface area contributed by atoms with Gasteiger partial charge in [0.2, 0.25) is 31.5 Å². The van der Waals surface area contributed by atoms with E-state index < -0.39 is 83.0 Å². The maximum absolute atomic E-state index is 11.6. The molecule has 0 aromatic carbocycles. The van der Waals surface area contributed by atoms with Crippen molar-refractivity contribution in [2.45, 2.75) is 115 Å². The van der Waals surface area contributed by atoms with E-state index in [0.29, 0.717) is 66.3 Å². The van der Waals surface area contributed by atoms with Gasteiger partial charge in [-0.15, -0.1) is 11.6 Å². The van der Waals surface area contributed by atoms with Crippen LogP contribution in [0.4, 0.5) is 0 Å². The number of fused-ring (bicyclic) bond motifs is 3. The molecule has 28 heteroatoms. The lowest BCUT2D eigenvalue weighted by Gasteiger charge is -2.31.